The Labute approximate surface area is 122 Å². The Bertz CT molecular complexity index is 718. The van der Waals surface area contributed by atoms with E-state index in [4.69, 9.17) is 4.74 Å². The van der Waals surface area contributed by atoms with Crippen LogP contribution in [-0.2, 0) is 4.74 Å². The molecule has 1 N–H and O–H groups in total. The molecule has 0 saturated carbocycles. The van der Waals surface area contributed by atoms with Crippen molar-refractivity contribution in [3.8, 4) is 0 Å². The highest BCUT2D eigenvalue weighted by Gasteiger charge is 2.17. The van der Waals surface area contributed by atoms with Crippen molar-refractivity contribution >= 4 is 23.1 Å². The molecule has 0 saturated heterocycles. The zero-order valence-electron chi connectivity index (χ0n) is 11.7. The first kappa shape index (κ1) is 12.9. The van der Waals surface area contributed by atoms with Gasteiger partial charge in [0.15, 0.2) is 0 Å². The number of allylic oxidation sites excluding steroid dienone is 1. The maximum Gasteiger partial charge on any atom is 0.146 e. The summed E-state index contributed by atoms with van der Waals surface area (Å²) >= 11 is 1.68. The summed E-state index contributed by atoms with van der Waals surface area (Å²) in [5, 5.41) is 2.05. The lowest BCUT2D eigenvalue weighted by molar-refractivity contribution is 0.303. The maximum atomic E-state index is 5.44. The number of methoxy groups -OCH3 is 1. The summed E-state index contributed by atoms with van der Waals surface area (Å²) in [4.78, 5) is 9.17. The quantitative estimate of drug-likeness (QED) is 0.906. The van der Waals surface area contributed by atoms with Gasteiger partial charge in [-0.15, -0.1) is 11.3 Å². The molecule has 0 aliphatic carbocycles. The standard InChI is InChI=1S/C16H16N2OS/c1-10-7-11(2)17-12(10)8-13-15(19-3)9-14(18-13)16-5-4-6-20-16/h4-9,17H,1-3H3. The van der Waals surface area contributed by atoms with Crippen LogP contribution in [0.15, 0.2) is 46.1 Å². The van der Waals surface area contributed by atoms with Gasteiger partial charge in [0.1, 0.15) is 11.5 Å². The highest BCUT2D eigenvalue weighted by molar-refractivity contribution is 7.12. The Morgan fingerprint density at radius 1 is 1.35 bits per heavy atom. The number of thiophene rings is 1. The predicted molar refractivity (Wildman–Crippen MR) is 84.2 cm³/mol. The second-order valence-corrected chi connectivity index (χ2v) is 5.71. The Balaban J connectivity index is 2.01. The largest absolute Gasteiger partial charge is 0.494 e. The number of H-pyrrole nitrogens is 1. The fraction of sp³-hybridized carbons (Fsp3) is 0.188. The molecule has 4 heteroatoms. The third kappa shape index (κ3) is 2.34. The number of nitrogens with zero attached hydrogens (tertiary/aromatic N) is 1. The molecular weight excluding hydrogens is 268 g/mol. The van der Waals surface area contributed by atoms with Gasteiger partial charge in [0.25, 0.3) is 0 Å². The second kappa shape index (κ2) is 5.13. The highest BCUT2D eigenvalue weighted by atomic mass is 32.1. The number of nitrogens with one attached hydrogen (secondary N) is 1. The molecule has 20 heavy (non-hydrogen) atoms. The number of aromatic nitrogens is 1. The van der Waals surface area contributed by atoms with E-state index in [1.54, 1.807) is 18.4 Å². The molecule has 3 rings (SSSR count). The van der Waals surface area contributed by atoms with E-state index in [1.165, 1.54) is 5.56 Å². The molecule has 1 aliphatic rings. The molecule has 0 radical (unpaired) electrons. The Kier molecular flexibility index (Phi) is 3.32. The minimum atomic E-state index is 0.806. The van der Waals surface area contributed by atoms with Crippen LogP contribution in [0.1, 0.15) is 21.8 Å². The van der Waals surface area contributed by atoms with Gasteiger partial charge < -0.3 is 9.72 Å². The molecule has 1 aliphatic heterocycles. The van der Waals surface area contributed by atoms with E-state index in [0.717, 1.165) is 33.4 Å². The summed E-state index contributed by atoms with van der Waals surface area (Å²) < 4.78 is 5.44. The van der Waals surface area contributed by atoms with Crippen LogP contribution < -0.4 is 0 Å². The van der Waals surface area contributed by atoms with Crippen LogP contribution in [0.3, 0.4) is 0 Å². The summed E-state index contributed by atoms with van der Waals surface area (Å²) in [7, 11) is 1.68. The van der Waals surface area contributed by atoms with Crippen LogP contribution in [0.2, 0.25) is 0 Å². The van der Waals surface area contributed by atoms with Crippen LogP contribution in [-0.4, -0.2) is 17.8 Å². The zero-order chi connectivity index (χ0) is 14.1. The number of aromatic amines is 1. The number of aliphatic imine (C=N–C) groups is 1. The van der Waals surface area contributed by atoms with Crippen LogP contribution in [0.4, 0.5) is 0 Å². The maximum absolute atomic E-state index is 5.44. The minimum absolute atomic E-state index is 0.806. The molecular formula is C16H16N2OS. The van der Waals surface area contributed by atoms with E-state index in [1.807, 2.05) is 18.2 Å². The van der Waals surface area contributed by atoms with Gasteiger partial charge in [-0.25, -0.2) is 4.99 Å². The van der Waals surface area contributed by atoms with Gasteiger partial charge >= 0.3 is 0 Å². The molecule has 0 spiro atoms. The van der Waals surface area contributed by atoms with Crippen LogP contribution >= 0.6 is 11.3 Å². The molecule has 0 atom stereocenters. The van der Waals surface area contributed by atoms with E-state index in [-0.39, 0.29) is 0 Å². The molecule has 2 aromatic heterocycles. The first-order valence-corrected chi connectivity index (χ1v) is 7.32. The zero-order valence-corrected chi connectivity index (χ0v) is 12.5. The van der Waals surface area contributed by atoms with Crippen molar-refractivity contribution in [1.82, 2.24) is 4.98 Å². The molecule has 0 bridgehead atoms. The number of rotatable bonds is 3. The van der Waals surface area contributed by atoms with Gasteiger partial charge in [0.05, 0.1) is 17.7 Å². The van der Waals surface area contributed by atoms with Crippen molar-refractivity contribution in [1.29, 1.82) is 0 Å². The van der Waals surface area contributed by atoms with E-state index < -0.39 is 0 Å². The van der Waals surface area contributed by atoms with Gasteiger partial charge in [-0.1, -0.05) is 6.07 Å². The molecule has 0 unspecified atom stereocenters. The average molecular weight is 284 g/mol. The normalized spacial score (nSPS) is 16.4. The van der Waals surface area contributed by atoms with Crippen molar-refractivity contribution in [2.24, 2.45) is 4.99 Å². The minimum Gasteiger partial charge on any atom is -0.494 e. The first-order chi connectivity index (χ1) is 9.67. The van der Waals surface area contributed by atoms with Crippen molar-refractivity contribution < 1.29 is 4.74 Å². The predicted octanol–water partition coefficient (Wildman–Crippen LogP) is 4.07. The third-order valence-corrected chi connectivity index (χ3v) is 4.12. The average Bonchev–Trinajstić information content (AvgIpc) is 3.11. The van der Waals surface area contributed by atoms with E-state index in [9.17, 15) is 0 Å². The fourth-order valence-corrected chi connectivity index (χ4v) is 2.96. The van der Waals surface area contributed by atoms with E-state index >= 15 is 0 Å². The fourth-order valence-electron chi connectivity index (χ4n) is 2.27. The smallest absolute Gasteiger partial charge is 0.146 e. The van der Waals surface area contributed by atoms with Gasteiger partial charge in [0.2, 0.25) is 0 Å². The van der Waals surface area contributed by atoms with Gasteiger partial charge in [-0.3, -0.25) is 0 Å². The SMILES string of the molecule is COC1=CC(c2cccs2)=NC1=Cc1[nH]c(C)cc1C. The number of aryl methyl sites for hydroxylation is 2. The first-order valence-electron chi connectivity index (χ1n) is 6.44. The molecule has 0 aromatic carbocycles. The number of hydrogen-bond acceptors (Lipinski definition) is 3. The Morgan fingerprint density at radius 2 is 2.20 bits per heavy atom. The summed E-state index contributed by atoms with van der Waals surface area (Å²) in [6.07, 6.45) is 4.03. The van der Waals surface area contributed by atoms with Crippen molar-refractivity contribution in [2.75, 3.05) is 7.11 Å². The van der Waals surface area contributed by atoms with Crippen LogP contribution in [0.25, 0.3) is 6.08 Å². The summed E-state index contributed by atoms with van der Waals surface area (Å²) in [6, 6.07) is 6.23. The second-order valence-electron chi connectivity index (χ2n) is 4.77. The number of hydrogen-bond donors (Lipinski definition) is 1. The van der Waals surface area contributed by atoms with E-state index in [0.29, 0.717) is 0 Å². The van der Waals surface area contributed by atoms with Crippen molar-refractivity contribution in [3.05, 3.63) is 62.9 Å². The topological polar surface area (TPSA) is 37.4 Å². The Morgan fingerprint density at radius 3 is 2.80 bits per heavy atom. The van der Waals surface area contributed by atoms with Crippen molar-refractivity contribution in [2.45, 2.75) is 13.8 Å². The third-order valence-electron chi connectivity index (χ3n) is 3.23. The molecule has 3 heterocycles. The van der Waals surface area contributed by atoms with Gasteiger partial charge in [0, 0.05) is 17.5 Å². The lowest BCUT2D eigenvalue weighted by Crippen LogP contribution is -1.88. The molecule has 0 amide bonds. The van der Waals surface area contributed by atoms with Gasteiger partial charge in [-0.05, 0) is 43.0 Å². The Hall–Kier alpha value is -2.07. The van der Waals surface area contributed by atoms with Crippen LogP contribution in [0.5, 0.6) is 0 Å². The molecule has 3 nitrogen and oxygen atoms in total. The summed E-state index contributed by atoms with van der Waals surface area (Å²) in [6.45, 7) is 4.14. The summed E-state index contributed by atoms with van der Waals surface area (Å²) in [5.41, 5.74) is 5.27. The van der Waals surface area contributed by atoms with Gasteiger partial charge in [-0.2, -0.15) is 0 Å². The van der Waals surface area contributed by atoms with Crippen LogP contribution in [0, 0.1) is 13.8 Å². The van der Waals surface area contributed by atoms with Crippen molar-refractivity contribution in [3.63, 3.8) is 0 Å². The van der Waals surface area contributed by atoms with E-state index in [2.05, 4.69) is 41.3 Å². The lowest BCUT2D eigenvalue weighted by atomic mass is 10.2. The summed E-state index contributed by atoms with van der Waals surface area (Å²) in [5.74, 6) is 0.806. The molecule has 102 valence electrons. The molecule has 0 fully saturated rings. The number of ether oxygens (including phenoxy) is 1. The highest BCUT2D eigenvalue weighted by Crippen LogP contribution is 2.27. The molecule has 2 aromatic rings. The monoisotopic (exact) mass is 284 g/mol. The lowest BCUT2D eigenvalue weighted by Gasteiger charge is -2.01.